The van der Waals surface area contributed by atoms with Crippen LogP contribution in [0.15, 0.2) is 18.3 Å². The number of fused-ring (bicyclic) bond motifs is 1. The van der Waals surface area contributed by atoms with Crippen LogP contribution < -0.4 is 5.73 Å². The SMILES string of the molecule is CC(C)n1nc(-c2cnc(N)c(C(F)(F)F)c2)cc1[C@H]1[C@@H]2C[C@H](N3CCCCCC3)C[C@@H]21. The van der Waals surface area contributed by atoms with Crippen molar-refractivity contribution in [1.29, 1.82) is 0 Å². The van der Waals surface area contributed by atoms with Crippen LogP contribution in [0.2, 0.25) is 0 Å². The molecular weight excluding hydrogens is 415 g/mol. The Bertz CT molecular complexity index is 962. The second-order valence-electron chi connectivity index (χ2n) is 10.1. The van der Waals surface area contributed by atoms with Gasteiger partial charge in [0.05, 0.1) is 11.3 Å². The van der Waals surface area contributed by atoms with Gasteiger partial charge in [0, 0.05) is 35.5 Å². The number of hydrogen-bond donors (Lipinski definition) is 1. The van der Waals surface area contributed by atoms with Gasteiger partial charge in [-0.05, 0) is 76.6 Å². The summed E-state index contributed by atoms with van der Waals surface area (Å²) in [7, 11) is 0. The van der Waals surface area contributed by atoms with Crippen LogP contribution in [-0.4, -0.2) is 38.8 Å². The van der Waals surface area contributed by atoms with Crippen molar-refractivity contribution in [3.05, 3.63) is 29.6 Å². The lowest BCUT2D eigenvalue weighted by atomic mass is 10.0. The Balaban J connectivity index is 1.37. The van der Waals surface area contributed by atoms with Gasteiger partial charge in [-0.3, -0.25) is 4.68 Å². The molecule has 0 bridgehead atoms. The summed E-state index contributed by atoms with van der Waals surface area (Å²) in [4.78, 5) is 6.50. The van der Waals surface area contributed by atoms with E-state index in [9.17, 15) is 13.2 Å². The molecule has 2 N–H and O–H groups in total. The van der Waals surface area contributed by atoms with Crippen molar-refractivity contribution in [2.75, 3.05) is 18.8 Å². The molecule has 0 unspecified atom stereocenters. The molecule has 8 heteroatoms. The van der Waals surface area contributed by atoms with Crippen LogP contribution in [0.25, 0.3) is 11.3 Å². The molecule has 4 atom stereocenters. The Morgan fingerprint density at radius 1 is 1.03 bits per heavy atom. The maximum Gasteiger partial charge on any atom is 0.419 e. The van der Waals surface area contributed by atoms with Gasteiger partial charge in [0.2, 0.25) is 0 Å². The second-order valence-corrected chi connectivity index (χ2v) is 10.1. The number of rotatable bonds is 4. The Morgan fingerprint density at radius 2 is 1.69 bits per heavy atom. The summed E-state index contributed by atoms with van der Waals surface area (Å²) in [5.74, 6) is 1.30. The van der Waals surface area contributed by atoms with Crippen LogP contribution in [0.4, 0.5) is 19.0 Å². The van der Waals surface area contributed by atoms with Gasteiger partial charge in [0.25, 0.3) is 0 Å². The molecule has 32 heavy (non-hydrogen) atoms. The molecule has 3 fully saturated rings. The van der Waals surface area contributed by atoms with E-state index in [1.54, 1.807) is 0 Å². The maximum absolute atomic E-state index is 13.3. The molecular formula is C24H32F3N5. The monoisotopic (exact) mass is 447 g/mol. The number of alkyl halides is 3. The number of nitrogen functional groups attached to an aromatic ring is 1. The van der Waals surface area contributed by atoms with Crippen molar-refractivity contribution < 1.29 is 13.2 Å². The molecule has 2 saturated carbocycles. The zero-order valence-corrected chi connectivity index (χ0v) is 18.8. The highest BCUT2D eigenvalue weighted by Gasteiger charge is 2.58. The van der Waals surface area contributed by atoms with Gasteiger partial charge in [-0.2, -0.15) is 18.3 Å². The molecule has 0 radical (unpaired) electrons. The number of pyridine rings is 1. The summed E-state index contributed by atoms with van der Waals surface area (Å²) in [5, 5.41) is 4.70. The summed E-state index contributed by atoms with van der Waals surface area (Å²) in [6, 6.07) is 3.90. The van der Waals surface area contributed by atoms with E-state index in [1.165, 1.54) is 57.8 Å². The number of anilines is 1. The van der Waals surface area contributed by atoms with Gasteiger partial charge in [0.15, 0.2) is 0 Å². The molecule has 1 saturated heterocycles. The molecule has 2 aromatic rings. The fourth-order valence-corrected chi connectivity index (χ4v) is 6.06. The van der Waals surface area contributed by atoms with Crippen LogP contribution in [0, 0.1) is 11.8 Å². The van der Waals surface area contributed by atoms with Crippen molar-refractivity contribution in [2.45, 2.75) is 76.6 Å². The standard InChI is InChI=1S/C24H32F3N5/c1-14(2)32-21(12-20(30-32)15-9-19(24(25,26)27)23(28)29-13-15)22-17-10-16(11-18(17)22)31-7-5-3-4-6-8-31/h9,12-14,16-18,22H,3-8,10-11H2,1-2H3,(H2,28,29)/t16-,17+,18-,22-. The first-order valence-electron chi connectivity index (χ1n) is 11.9. The lowest BCUT2D eigenvalue weighted by Crippen LogP contribution is -2.35. The lowest BCUT2D eigenvalue weighted by molar-refractivity contribution is -0.137. The van der Waals surface area contributed by atoms with Crippen molar-refractivity contribution in [1.82, 2.24) is 19.7 Å². The van der Waals surface area contributed by atoms with E-state index < -0.39 is 17.6 Å². The number of hydrogen-bond acceptors (Lipinski definition) is 4. The average Bonchev–Trinajstić information content (AvgIpc) is 3.06. The second kappa shape index (κ2) is 8.04. The molecule has 1 aliphatic heterocycles. The molecule has 5 rings (SSSR count). The van der Waals surface area contributed by atoms with Gasteiger partial charge < -0.3 is 10.6 Å². The van der Waals surface area contributed by atoms with Gasteiger partial charge >= 0.3 is 6.18 Å². The molecule has 2 aromatic heterocycles. The molecule has 0 aromatic carbocycles. The molecule has 0 amide bonds. The van der Waals surface area contributed by atoms with Crippen molar-refractivity contribution in [3.8, 4) is 11.3 Å². The maximum atomic E-state index is 13.3. The number of likely N-dealkylation sites (tertiary alicyclic amines) is 1. The van der Waals surface area contributed by atoms with E-state index in [0.29, 0.717) is 35.1 Å². The van der Waals surface area contributed by atoms with Gasteiger partial charge in [0.1, 0.15) is 5.82 Å². The largest absolute Gasteiger partial charge is 0.419 e. The molecule has 174 valence electrons. The third-order valence-electron chi connectivity index (χ3n) is 7.69. The summed E-state index contributed by atoms with van der Waals surface area (Å²) >= 11 is 0. The number of halogens is 3. The number of nitrogens with two attached hydrogens (primary N) is 1. The lowest BCUT2D eigenvalue weighted by Gasteiger charge is -2.29. The smallest absolute Gasteiger partial charge is 0.383 e. The van der Waals surface area contributed by atoms with E-state index in [1.807, 2.05) is 10.7 Å². The highest BCUT2D eigenvalue weighted by Crippen LogP contribution is 2.64. The van der Waals surface area contributed by atoms with E-state index in [4.69, 9.17) is 10.8 Å². The van der Waals surface area contributed by atoms with Gasteiger partial charge in [-0.1, -0.05) is 12.8 Å². The van der Waals surface area contributed by atoms with Gasteiger partial charge in [-0.15, -0.1) is 0 Å². The molecule has 0 spiro atoms. The van der Waals surface area contributed by atoms with Crippen molar-refractivity contribution in [3.63, 3.8) is 0 Å². The minimum absolute atomic E-state index is 0.144. The zero-order chi connectivity index (χ0) is 22.6. The minimum Gasteiger partial charge on any atom is -0.383 e. The number of aromatic nitrogens is 3. The van der Waals surface area contributed by atoms with Crippen LogP contribution in [0.1, 0.15) is 75.6 Å². The van der Waals surface area contributed by atoms with Crippen LogP contribution in [0.5, 0.6) is 0 Å². The predicted octanol–water partition coefficient (Wildman–Crippen LogP) is 5.50. The average molecular weight is 448 g/mol. The Kier molecular flexibility index (Phi) is 5.47. The normalized spacial score (nSPS) is 28.7. The van der Waals surface area contributed by atoms with E-state index in [0.717, 1.165) is 11.8 Å². The van der Waals surface area contributed by atoms with E-state index in [-0.39, 0.29) is 6.04 Å². The summed E-state index contributed by atoms with van der Waals surface area (Å²) in [5.41, 5.74) is 6.64. The fraction of sp³-hybridized carbons (Fsp3) is 0.667. The number of nitrogens with zero attached hydrogens (tertiary/aromatic N) is 4. The highest BCUT2D eigenvalue weighted by atomic mass is 19.4. The highest BCUT2D eigenvalue weighted by molar-refractivity contribution is 5.63. The molecule has 3 heterocycles. The van der Waals surface area contributed by atoms with Crippen LogP contribution >= 0.6 is 0 Å². The van der Waals surface area contributed by atoms with Crippen LogP contribution in [-0.2, 0) is 6.18 Å². The first-order valence-corrected chi connectivity index (χ1v) is 11.9. The topological polar surface area (TPSA) is 60.0 Å². The third-order valence-corrected chi connectivity index (χ3v) is 7.69. The van der Waals surface area contributed by atoms with Gasteiger partial charge in [-0.25, -0.2) is 4.98 Å². The first-order chi connectivity index (χ1) is 15.2. The van der Waals surface area contributed by atoms with Crippen molar-refractivity contribution >= 4 is 5.82 Å². The quantitative estimate of drug-likeness (QED) is 0.673. The fourth-order valence-electron chi connectivity index (χ4n) is 6.06. The zero-order valence-electron chi connectivity index (χ0n) is 18.8. The molecule has 2 aliphatic carbocycles. The summed E-state index contributed by atoms with van der Waals surface area (Å²) < 4.78 is 42.0. The Labute approximate surface area is 187 Å². The van der Waals surface area contributed by atoms with Crippen LogP contribution in [0.3, 0.4) is 0 Å². The Hall–Kier alpha value is -2.09. The van der Waals surface area contributed by atoms with E-state index in [2.05, 4.69) is 23.7 Å². The summed E-state index contributed by atoms with van der Waals surface area (Å²) in [6.07, 6.45) is 4.65. The van der Waals surface area contributed by atoms with E-state index >= 15 is 0 Å². The first kappa shape index (κ1) is 21.7. The Morgan fingerprint density at radius 3 is 2.28 bits per heavy atom. The third kappa shape index (κ3) is 3.91. The molecule has 3 aliphatic rings. The van der Waals surface area contributed by atoms with Crippen molar-refractivity contribution in [2.24, 2.45) is 11.8 Å². The minimum atomic E-state index is -4.54. The predicted molar refractivity (Wildman–Crippen MR) is 118 cm³/mol. The summed E-state index contributed by atoms with van der Waals surface area (Å²) in [6.45, 7) is 6.60. The molecule has 5 nitrogen and oxygen atoms in total.